The van der Waals surface area contributed by atoms with E-state index in [1.54, 1.807) is 0 Å². The molecule has 0 unspecified atom stereocenters. The molecule has 1 aliphatic heterocycles. The lowest BCUT2D eigenvalue weighted by atomic mass is 9.92. The van der Waals surface area contributed by atoms with Gasteiger partial charge < -0.3 is 15.5 Å². The van der Waals surface area contributed by atoms with Gasteiger partial charge in [-0.25, -0.2) is 8.78 Å². The van der Waals surface area contributed by atoms with Gasteiger partial charge in [-0.05, 0) is 19.5 Å². The second-order valence-electron chi connectivity index (χ2n) is 5.56. The molecule has 1 aliphatic rings. The van der Waals surface area contributed by atoms with Crippen molar-refractivity contribution in [3.63, 3.8) is 0 Å². The maximum absolute atomic E-state index is 14.1. The summed E-state index contributed by atoms with van der Waals surface area (Å²) >= 11 is 0. The molecule has 0 radical (unpaired) electrons. The molecule has 1 amide bonds. The highest BCUT2D eigenvalue weighted by molar-refractivity contribution is 5.85. The van der Waals surface area contributed by atoms with E-state index in [1.807, 2.05) is 0 Å². The fourth-order valence-electron chi connectivity index (χ4n) is 3.02. The van der Waals surface area contributed by atoms with Crippen molar-refractivity contribution in [1.29, 1.82) is 0 Å². The number of carboxylic acids is 2. The molecule has 9 heteroatoms. The zero-order valence-electron chi connectivity index (χ0n) is 12.7. The van der Waals surface area contributed by atoms with Crippen molar-refractivity contribution in [1.82, 2.24) is 10.2 Å². The lowest BCUT2D eigenvalue weighted by Crippen LogP contribution is -2.38. The highest BCUT2D eigenvalue weighted by Gasteiger charge is 2.47. The lowest BCUT2D eigenvalue weighted by molar-refractivity contribution is -0.142. The van der Waals surface area contributed by atoms with Gasteiger partial charge in [-0.15, -0.1) is 0 Å². The summed E-state index contributed by atoms with van der Waals surface area (Å²) in [5.41, 5.74) is -0.142. The molecule has 0 bridgehead atoms. The molecule has 2 rings (SSSR count). The van der Waals surface area contributed by atoms with Crippen LogP contribution in [0.5, 0.6) is 0 Å². The molecule has 0 spiro atoms. The summed E-state index contributed by atoms with van der Waals surface area (Å²) in [4.78, 5) is 35.4. The molecule has 0 saturated carbocycles. The van der Waals surface area contributed by atoms with Crippen molar-refractivity contribution in [2.75, 3.05) is 13.6 Å². The Morgan fingerprint density at radius 1 is 1.29 bits per heavy atom. The van der Waals surface area contributed by atoms with Crippen molar-refractivity contribution in [3.8, 4) is 0 Å². The summed E-state index contributed by atoms with van der Waals surface area (Å²) in [6, 6.07) is 1.37. The van der Waals surface area contributed by atoms with Crippen LogP contribution in [0.1, 0.15) is 18.0 Å². The van der Waals surface area contributed by atoms with Crippen LogP contribution in [0.4, 0.5) is 8.78 Å². The lowest BCUT2D eigenvalue weighted by Gasteiger charge is -2.26. The van der Waals surface area contributed by atoms with Crippen LogP contribution in [0.3, 0.4) is 0 Å². The minimum atomic E-state index is -1.27. The number of nitrogens with zero attached hydrogens (tertiary/aromatic N) is 1. The third kappa shape index (κ3) is 3.35. The normalized spacial score (nSPS) is 23.9. The van der Waals surface area contributed by atoms with Crippen LogP contribution in [0, 0.1) is 17.6 Å². The van der Waals surface area contributed by atoms with Crippen LogP contribution in [-0.2, 0) is 14.4 Å². The summed E-state index contributed by atoms with van der Waals surface area (Å²) in [7, 11) is 1.40. The SMILES string of the molecule is CN1[C@H](C(=O)O)C[C@H](C(=O)NCC(=O)O)[C@@H]1c1cccc(F)c1F. The molecular formula is C15H16F2N2O5. The first-order valence-electron chi connectivity index (χ1n) is 7.12. The predicted octanol–water partition coefficient (Wildman–Crippen LogP) is 0.612. The van der Waals surface area contributed by atoms with Gasteiger partial charge in [0.25, 0.3) is 0 Å². The molecule has 7 nitrogen and oxygen atoms in total. The van der Waals surface area contributed by atoms with Crippen LogP contribution < -0.4 is 5.32 Å². The Balaban J connectivity index is 2.38. The number of amides is 1. The zero-order valence-corrected chi connectivity index (χ0v) is 12.7. The number of rotatable bonds is 5. The Hall–Kier alpha value is -2.55. The summed E-state index contributed by atoms with van der Waals surface area (Å²) in [6.45, 7) is -0.644. The average molecular weight is 342 g/mol. The van der Waals surface area contributed by atoms with Crippen LogP contribution in [-0.4, -0.2) is 52.6 Å². The van der Waals surface area contributed by atoms with E-state index in [9.17, 15) is 28.3 Å². The average Bonchev–Trinajstić information content (AvgIpc) is 2.85. The quantitative estimate of drug-likeness (QED) is 0.724. The maximum atomic E-state index is 14.1. The number of carbonyl (C=O) groups excluding carboxylic acids is 1. The third-order valence-electron chi connectivity index (χ3n) is 4.12. The van der Waals surface area contributed by atoms with Gasteiger partial charge in [-0.2, -0.15) is 0 Å². The second kappa shape index (κ2) is 6.91. The van der Waals surface area contributed by atoms with Crippen LogP contribution in [0.15, 0.2) is 18.2 Å². The van der Waals surface area contributed by atoms with E-state index in [2.05, 4.69) is 5.32 Å². The van der Waals surface area contributed by atoms with Gasteiger partial charge >= 0.3 is 11.9 Å². The van der Waals surface area contributed by atoms with Gasteiger partial charge in [-0.3, -0.25) is 19.3 Å². The molecule has 1 aromatic carbocycles. The minimum Gasteiger partial charge on any atom is -0.480 e. The number of nitrogens with one attached hydrogen (secondary N) is 1. The number of carbonyl (C=O) groups is 3. The Labute approximate surface area is 135 Å². The topological polar surface area (TPSA) is 107 Å². The maximum Gasteiger partial charge on any atom is 0.322 e. The molecule has 1 saturated heterocycles. The van der Waals surface area contributed by atoms with Crippen molar-refractivity contribution < 1.29 is 33.4 Å². The monoisotopic (exact) mass is 342 g/mol. The Bertz CT molecular complexity index is 682. The fraction of sp³-hybridized carbons (Fsp3) is 0.400. The third-order valence-corrected chi connectivity index (χ3v) is 4.12. The molecule has 3 N–H and O–H groups in total. The molecule has 1 heterocycles. The molecular weight excluding hydrogens is 326 g/mol. The first-order chi connectivity index (χ1) is 11.2. The van der Waals surface area contributed by atoms with Crippen molar-refractivity contribution in [2.45, 2.75) is 18.5 Å². The Morgan fingerprint density at radius 2 is 1.96 bits per heavy atom. The first kappa shape index (κ1) is 17.8. The van der Waals surface area contributed by atoms with Crippen LogP contribution in [0.2, 0.25) is 0 Å². The number of benzene rings is 1. The van der Waals surface area contributed by atoms with Crippen molar-refractivity contribution >= 4 is 17.8 Å². The first-order valence-corrected chi connectivity index (χ1v) is 7.12. The summed E-state index contributed by atoms with van der Waals surface area (Å²) < 4.78 is 27.6. The Morgan fingerprint density at radius 3 is 2.54 bits per heavy atom. The van der Waals surface area contributed by atoms with Gasteiger partial charge in [-0.1, -0.05) is 12.1 Å². The van der Waals surface area contributed by atoms with E-state index in [-0.39, 0.29) is 12.0 Å². The second-order valence-corrected chi connectivity index (χ2v) is 5.56. The standard InChI is InChI=1S/C15H16F2N2O5/c1-19-10(15(23)24)5-8(14(22)18-6-11(20)21)13(19)7-3-2-4-9(16)12(7)17/h2-4,8,10,13H,5-6H2,1H3,(H,18,22)(H,20,21)(H,23,24)/t8-,10-,13-/m0/s1. The van der Waals surface area contributed by atoms with Gasteiger partial charge in [0.2, 0.25) is 5.91 Å². The van der Waals surface area contributed by atoms with Crippen molar-refractivity contribution in [3.05, 3.63) is 35.4 Å². The Kier molecular flexibility index (Phi) is 5.13. The van der Waals surface area contributed by atoms with Gasteiger partial charge in [0, 0.05) is 5.56 Å². The van der Waals surface area contributed by atoms with Crippen LogP contribution >= 0.6 is 0 Å². The summed E-state index contributed by atoms with van der Waals surface area (Å²) in [6.07, 6.45) is -0.141. The van der Waals surface area contributed by atoms with Crippen molar-refractivity contribution in [2.24, 2.45) is 5.92 Å². The molecule has 0 aliphatic carbocycles. The van der Waals surface area contributed by atoms with Gasteiger partial charge in [0.05, 0.1) is 12.0 Å². The summed E-state index contributed by atoms with van der Waals surface area (Å²) in [5.74, 6) is -6.47. The van der Waals surface area contributed by atoms with E-state index >= 15 is 0 Å². The number of halogens is 2. The number of aliphatic carboxylic acids is 2. The number of likely N-dealkylation sites (N-methyl/N-ethyl adjacent to an activating group) is 1. The van der Waals surface area contributed by atoms with Crippen LogP contribution in [0.25, 0.3) is 0 Å². The molecule has 1 fully saturated rings. The fourth-order valence-corrected chi connectivity index (χ4v) is 3.02. The molecule has 24 heavy (non-hydrogen) atoms. The molecule has 1 aromatic rings. The van der Waals surface area contributed by atoms with E-state index < -0.39 is 54.0 Å². The zero-order chi connectivity index (χ0) is 18.0. The summed E-state index contributed by atoms with van der Waals surface area (Å²) in [5, 5.41) is 20.1. The van der Waals surface area contributed by atoms with E-state index in [1.165, 1.54) is 24.1 Å². The van der Waals surface area contributed by atoms with Gasteiger partial charge in [0.15, 0.2) is 11.6 Å². The number of hydrogen-bond acceptors (Lipinski definition) is 4. The number of hydrogen-bond donors (Lipinski definition) is 3. The molecule has 0 aromatic heterocycles. The van der Waals surface area contributed by atoms with E-state index in [4.69, 9.17) is 5.11 Å². The largest absolute Gasteiger partial charge is 0.480 e. The van der Waals surface area contributed by atoms with E-state index in [0.29, 0.717) is 0 Å². The number of likely N-dealkylation sites (tertiary alicyclic amines) is 1. The highest BCUT2D eigenvalue weighted by Crippen LogP contribution is 2.41. The number of carboxylic acid groups (broad SMARTS) is 2. The van der Waals surface area contributed by atoms with E-state index in [0.717, 1.165) is 6.07 Å². The smallest absolute Gasteiger partial charge is 0.322 e. The molecule has 3 atom stereocenters. The predicted molar refractivity (Wildman–Crippen MR) is 77.0 cm³/mol. The van der Waals surface area contributed by atoms with Gasteiger partial charge in [0.1, 0.15) is 12.6 Å². The minimum absolute atomic E-state index is 0.141. The molecule has 130 valence electrons. The highest BCUT2D eigenvalue weighted by atomic mass is 19.2.